The molecule has 0 bridgehead atoms. The van der Waals surface area contributed by atoms with Crippen LogP contribution in [0.2, 0.25) is 0 Å². The minimum atomic E-state index is -0.798. The van der Waals surface area contributed by atoms with E-state index in [2.05, 4.69) is 15.2 Å². The van der Waals surface area contributed by atoms with Gasteiger partial charge in [0.25, 0.3) is 0 Å². The summed E-state index contributed by atoms with van der Waals surface area (Å²) < 4.78 is 2.06. The highest BCUT2D eigenvalue weighted by molar-refractivity contribution is 8.01. The number of nitrogens with zero attached hydrogens (tertiary/aromatic N) is 3. The van der Waals surface area contributed by atoms with Gasteiger partial charge in [0, 0.05) is 0 Å². The molecule has 6 heteroatoms. The van der Waals surface area contributed by atoms with E-state index in [-0.39, 0.29) is 5.78 Å². The molecular weight excluding hydrogens is 290 g/mol. The maximum absolute atomic E-state index is 12.3. The predicted molar refractivity (Wildman–Crippen MR) is 82.4 cm³/mol. The van der Waals surface area contributed by atoms with E-state index in [9.17, 15) is 4.79 Å². The summed E-state index contributed by atoms with van der Waals surface area (Å²) in [6.45, 7) is 3.65. The van der Waals surface area contributed by atoms with Crippen LogP contribution in [0.3, 0.4) is 0 Å². The lowest BCUT2D eigenvalue weighted by molar-refractivity contribution is -0.119. The third-order valence-electron chi connectivity index (χ3n) is 3.07. The monoisotopic (exact) mass is 303 g/mol. The van der Waals surface area contributed by atoms with Crippen LogP contribution in [0.5, 0.6) is 0 Å². The molecule has 1 atom stereocenters. The van der Waals surface area contributed by atoms with Gasteiger partial charge in [0.2, 0.25) is 0 Å². The Labute approximate surface area is 125 Å². The second kappa shape index (κ2) is 5.10. The Kier molecular flexibility index (Phi) is 3.43. The Balaban J connectivity index is 1.70. The molecule has 1 aromatic carbocycles. The molecule has 2 aromatic rings. The van der Waals surface area contributed by atoms with Crippen molar-refractivity contribution in [2.75, 3.05) is 5.75 Å². The summed E-state index contributed by atoms with van der Waals surface area (Å²) in [4.78, 5) is 16.8. The van der Waals surface area contributed by atoms with Crippen LogP contribution in [0.25, 0.3) is 10.2 Å². The van der Waals surface area contributed by atoms with Crippen molar-refractivity contribution in [2.24, 2.45) is 10.2 Å². The van der Waals surface area contributed by atoms with Gasteiger partial charge in [-0.15, -0.1) is 11.3 Å². The Morgan fingerprint density at radius 3 is 2.90 bits per heavy atom. The second-order valence-electron chi connectivity index (χ2n) is 4.79. The minimum absolute atomic E-state index is 0.0577. The lowest BCUT2D eigenvalue weighted by Gasteiger charge is -2.13. The molecule has 1 unspecified atom stereocenters. The zero-order chi connectivity index (χ0) is 14.2. The van der Waals surface area contributed by atoms with Crippen LogP contribution in [0, 0.1) is 0 Å². The molecule has 2 heterocycles. The number of hydrogen-bond acceptors (Lipinski definition) is 6. The molecule has 1 aliphatic heterocycles. The average Bonchev–Trinajstić information content (AvgIpc) is 2.99. The van der Waals surface area contributed by atoms with Gasteiger partial charge in [0.15, 0.2) is 15.7 Å². The van der Waals surface area contributed by atoms with Crippen LogP contribution in [0.15, 0.2) is 50.6 Å². The first-order valence-corrected chi connectivity index (χ1v) is 8.01. The number of hydrogen-bond donors (Lipinski definition) is 0. The van der Waals surface area contributed by atoms with Crippen LogP contribution in [-0.2, 0) is 4.79 Å². The van der Waals surface area contributed by atoms with Crippen molar-refractivity contribution in [3.63, 3.8) is 0 Å². The molecule has 0 amide bonds. The molecule has 102 valence electrons. The molecule has 4 nitrogen and oxygen atoms in total. The number of allylic oxidation sites excluding steroid dienone is 1. The number of aromatic nitrogens is 1. The van der Waals surface area contributed by atoms with Gasteiger partial charge in [0.1, 0.15) is 0 Å². The number of carbonyl (C=O) groups excluding carboxylic acids is 1. The van der Waals surface area contributed by atoms with Gasteiger partial charge in [-0.2, -0.15) is 10.2 Å². The van der Waals surface area contributed by atoms with Crippen LogP contribution >= 0.6 is 23.1 Å². The van der Waals surface area contributed by atoms with E-state index >= 15 is 0 Å². The zero-order valence-electron chi connectivity index (χ0n) is 11.2. The standard InChI is InChI=1S/C14H13N3OS2/c1-9-7-14(2,17-16-9)12(18)8-19-13-15-10-5-3-4-6-11(10)20-13/h3-7H,8H2,1-2H3. The summed E-state index contributed by atoms with van der Waals surface area (Å²) in [5, 5.41) is 8.00. The van der Waals surface area contributed by atoms with Crippen molar-refractivity contribution in [1.29, 1.82) is 0 Å². The van der Waals surface area contributed by atoms with Crippen molar-refractivity contribution in [3.8, 4) is 0 Å². The van der Waals surface area contributed by atoms with Gasteiger partial charge >= 0.3 is 0 Å². The highest BCUT2D eigenvalue weighted by atomic mass is 32.2. The molecule has 0 aliphatic carbocycles. The van der Waals surface area contributed by atoms with E-state index in [1.165, 1.54) is 11.8 Å². The number of thiazole rings is 1. The van der Waals surface area contributed by atoms with Gasteiger partial charge in [-0.25, -0.2) is 4.98 Å². The maximum atomic E-state index is 12.3. The molecule has 0 saturated heterocycles. The number of rotatable bonds is 4. The summed E-state index contributed by atoms with van der Waals surface area (Å²) in [7, 11) is 0. The van der Waals surface area contributed by atoms with E-state index in [4.69, 9.17) is 0 Å². The zero-order valence-corrected chi connectivity index (χ0v) is 12.8. The van der Waals surface area contributed by atoms with Gasteiger partial charge in [0.05, 0.1) is 21.7 Å². The average molecular weight is 303 g/mol. The number of azo groups is 1. The fourth-order valence-electron chi connectivity index (χ4n) is 1.97. The predicted octanol–water partition coefficient (Wildman–Crippen LogP) is 4.09. The van der Waals surface area contributed by atoms with Crippen molar-refractivity contribution in [1.82, 2.24) is 4.98 Å². The Hall–Kier alpha value is -1.53. The van der Waals surface area contributed by atoms with E-state index in [0.717, 1.165) is 20.3 Å². The summed E-state index contributed by atoms with van der Waals surface area (Å²) in [6.07, 6.45) is 1.81. The van der Waals surface area contributed by atoms with Gasteiger partial charge in [-0.3, -0.25) is 4.79 Å². The molecule has 1 aliphatic rings. The molecule has 0 saturated carbocycles. The number of fused-ring (bicyclic) bond motifs is 1. The molecule has 0 fully saturated rings. The normalized spacial score (nSPS) is 21.4. The molecule has 0 radical (unpaired) electrons. The second-order valence-corrected chi connectivity index (χ2v) is 7.05. The van der Waals surface area contributed by atoms with E-state index < -0.39 is 5.54 Å². The largest absolute Gasteiger partial charge is 0.296 e. The lowest BCUT2D eigenvalue weighted by Crippen LogP contribution is -2.30. The Morgan fingerprint density at radius 2 is 2.20 bits per heavy atom. The summed E-state index contributed by atoms with van der Waals surface area (Å²) >= 11 is 3.08. The van der Waals surface area contributed by atoms with Gasteiger partial charge in [-0.1, -0.05) is 23.9 Å². The summed E-state index contributed by atoms with van der Waals surface area (Å²) in [5.41, 5.74) is 0.981. The topological polar surface area (TPSA) is 54.7 Å². The quantitative estimate of drug-likeness (QED) is 0.799. The van der Waals surface area contributed by atoms with Gasteiger partial charge < -0.3 is 0 Å². The summed E-state index contributed by atoms with van der Waals surface area (Å²) in [6, 6.07) is 7.98. The third kappa shape index (κ3) is 2.53. The number of carbonyl (C=O) groups is 1. The SMILES string of the molecule is CC1=CC(C)(C(=O)CSc2nc3ccccc3s2)N=N1. The van der Waals surface area contributed by atoms with E-state index in [1.807, 2.05) is 37.3 Å². The van der Waals surface area contributed by atoms with Crippen LogP contribution in [-0.4, -0.2) is 22.1 Å². The maximum Gasteiger partial charge on any atom is 0.176 e. The van der Waals surface area contributed by atoms with Gasteiger partial charge in [-0.05, 0) is 32.1 Å². The molecular formula is C14H13N3OS2. The number of para-hydroxylation sites is 1. The summed E-state index contributed by atoms with van der Waals surface area (Å²) in [5.74, 6) is 0.418. The number of benzene rings is 1. The van der Waals surface area contributed by atoms with E-state index in [1.54, 1.807) is 18.3 Å². The number of ketones is 1. The van der Waals surface area contributed by atoms with Crippen LogP contribution < -0.4 is 0 Å². The van der Waals surface area contributed by atoms with Crippen LogP contribution in [0.1, 0.15) is 13.8 Å². The third-order valence-corrected chi connectivity index (χ3v) is 5.25. The van der Waals surface area contributed by atoms with E-state index in [0.29, 0.717) is 5.75 Å². The molecule has 0 spiro atoms. The first-order chi connectivity index (χ1) is 9.57. The van der Waals surface area contributed by atoms with Crippen molar-refractivity contribution >= 4 is 39.1 Å². The highest BCUT2D eigenvalue weighted by Gasteiger charge is 2.33. The molecule has 3 rings (SSSR count). The van der Waals surface area contributed by atoms with Crippen molar-refractivity contribution < 1.29 is 4.79 Å². The number of thioether (sulfide) groups is 1. The fourth-order valence-corrected chi connectivity index (χ4v) is 4.06. The Morgan fingerprint density at radius 1 is 1.40 bits per heavy atom. The molecule has 0 N–H and O–H groups in total. The smallest absolute Gasteiger partial charge is 0.176 e. The minimum Gasteiger partial charge on any atom is -0.296 e. The lowest BCUT2D eigenvalue weighted by atomic mass is 9.98. The Bertz CT molecular complexity index is 702. The molecule has 20 heavy (non-hydrogen) atoms. The van der Waals surface area contributed by atoms with Crippen molar-refractivity contribution in [2.45, 2.75) is 23.7 Å². The first kappa shape index (κ1) is 13.5. The first-order valence-electron chi connectivity index (χ1n) is 6.21. The van der Waals surface area contributed by atoms with Crippen LogP contribution in [0.4, 0.5) is 0 Å². The highest BCUT2D eigenvalue weighted by Crippen LogP contribution is 2.31. The van der Waals surface area contributed by atoms with Crippen molar-refractivity contribution in [3.05, 3.63) is 36.0 Å². The molecule has 1 aromatic heterocycles. The fraction of sp³-hybridized carbons (Fsp3) is 0.286. The number of Topliss-reactive ketones (excluding diaryl/α,β-unsaturated/α-hetero) is 1.